The number of aliphatic carboxylic acids is 1. The molecular weight excluding hydrogens is 204 g/mol. The van der Waals surface area contributed by atoms with Crippen molar-refractivity contribution in [1.29, 1.82) is 0 Å². The largest absolute Gasteiger partial charge is 0.481 e. The third-order valence-corrected chi connectivity index (χ3v) is 2.51. The van der Waals surface area contributed by atoms with Crippen LogP contribution in [0.2, 0.25) is 0 Å². The number of carboxylic acid groups (broad SMARTS) is 1. The fraction of sp³-hybridized carbons (Fsp3) is 0.0714. The van der Waals surface area contributed by atoms with E-state index in [9.17, 15) is 9.90 Å². The van der Waals surface area contributed by atoms with E-state index in [2.05, 4.69) is 0 Å². The van der Waals surface area contributed by atoms with Gasteiger partial charge in [-0.25, -0.2) is 0 Å². The lowest BCUT2D eigenvalue weighted by molar-refractivity contribution is -0.137. The Kier molecular flexibility index (Phi) is 3.01. The molecule has 0 spiro atoms. The molecule has 1 N–H and O–H groups in total. The first-order chi connectivity index (χ1) is 7.79. The van der Waals surface area contributed by atoms with Crippen LogP contribution < -0.4 is 0 Å². The summed E-state index contributed by atoms with van der Waals surface area (Å²) in [7, 11) is 0. The molecule has 80 valence electrons. The summed E-state index contributed by atoms with van der Waals surface area (Å²) in [5.41, 5.74) is 1.61. The van der Waals surface area contributed by atoms with Gasteiger partial charge in [0.25, 0.3) is 0 Å². The highest BCUT2D eigenvalue weighted by Crippen LogP contribution is 2.24. The minimum absolute atomic E-state index is 0.581. The van der Waals surface area contributed by atoms with Gasteiger partial charge < -0.3 is 5.11 Å². The molecule has 16 heavy (non-hydrogen) atoms. The van der Waals surface area contributed by atoms with E-state index in [4.69, 9.17) is 0 Å². The fourth-order valence-corrected chi connectivity index (χ4v) is 1.77. The molecular formula is C14H12O2. The van der Waals surface area contributed by atoms with E-state index in [1.165, 1.54) is 0 Å². The van der Waals surface area contributed by atoms with Crippen molar-refractivity contribution >= 4 is 5.97 Å². The zero-order valence-corrected chi connectivity index (χ0v) is 8.71. The molecule has 0 aromatic heterocycles. The van der Waals surface area contributed by atoms with Gasteiger partial charge in [-0.2, -0.15) is 0 Å². The highest BCUT2D eigenvalue weighted by Gasteiger charge is 2.20. The highest BCUT2D eigenvalue weighted by atomic mass is 18.2. The van der Waals surface area contributed by atoms with E-state index in [0.29, 0.717) is 0 Å². The van der Waals surface area contributed by atoms with Gasteiger partial charge in [0.2, 0.25) is 0 Å². The molecule has 2 aromatic carbocycles. The van der Waals surface area contributed by atoms with Gasteiger partial charge in [-0.05, 0) is 11.1 Å². The first-order valence-corrected chi connectivity index (χ1v) is 5.12. The lowest BCUT2D eigenvalue weighted by atomic mass is 9.92. The van der Waals surface area contributed by atoms with Crippen LogP contribution in [-0.2, 0) is 4.79 Å². The maximum atomic E-state index is 11.3. The van der Waals surface area contributed by atoms with Crippen molar-refractivity contribution in [3.63, 3.8) is 0 Å². The average Bonchev–Trinajstić information content (AvgIpc) is 2.31. The summed E-state index contributed by atoms with van der Waals surface area (Å²) < 4.78 is 0. The van der Waals surface area contributed by atoms with Gasteiger partial charge in [-0.1, -0.05) is 60.7 Å². The Bertz CT molecular complexity index is 423. The molecule has 0 amide bonds. The first-order valence-electron chi connectivity index (χ1n) is 5.12. The molecule has 0 atom stereocenters. The van der Waals surface area contributed by atoms with Crippen LogP contribution in [0.1, 0.15) is 17.0 Å². The smallest absolute Gasteiger partial charge is 0.315 e. The van der Waals surface area contributed by atoms with E-state index in [1.54, 1.807) is 0 Å². The second-order valence-electron chi connectivity index (χ2n) is 3.59. The van der Waals surface area contributed by atoms with Crippen molar-refractivity contribution in [1.82, 2.24) is 0 Å². The first kappa shape index (κ1) is 10.4. The number of benzene rings is 2. The van der Waals surface area contributed by atoms with Crippen molar-refractivity contribution in [2.24, 2.45) is 0 Å². The molecule has 0 saturated heterocycles. The zero-order valence-electron chi connectivity index (χ0n) is 8.71. The fourth-order valence-electron chi connectivity index (χ4n) is 1.77. The monoisotopic (exact) mass is 216 g/mol. The zero-order chi connectivity index (χ0) is 11.4. The molecule has 0 unspecified atom stereocenters. The standard InChI is InChI=1S/C14H12O2/c15-14(16)13(11-7-3-1-4-8-11)12-9-5-2-6-10-12/h1-10,13H,(H,15,16)/i15+2,16+2. The second-order valence-corrected chi connectivity index (χ2v) is 3.59. The van der Waals surface area contributed by atoms with Crippen LogP contribution >= 0.6 is 0 Å². The third-order valence-electron chi connectivity index (χ3n) is 2.51. The Morgan fingerprint density at radius 3 is 1.50 bits per heavy atom. The number of hydrogen-bond acceptors (Lipinski definition) is 1. The maximum Gasteiger partial charge on any atom is 0.315 e. The summed E-state index contributed by atoms with van der Waals surface area (Å²) in [6.45, 7) is 0. The Hall–Kier alpha value is -2.09. The van der Waals surface area contributed by atoms with Gasteiger partial charge in [0.05, 0.1) is 0 Å². The lowest BCUT2D eigenvalue weighted by Gasteiger charge is -2.12. The molecule has 0 saturated carbocycles. The van der Waals surface area contributed by atoms with Crippen LogP contribution in [0.4, 0.5) is 0 Å². The van der Waals surface area contributed by atoms with Crippen molar-refractivity contribution in [2.75, 3.05) is 0 Å². The molecule has 2 rings (SSSR count). The van der Waals surface area contributed by atoms with E-state index in [0.717, 1.165) is 11.1 Å². The van der Waals surface area contributed by atoms with E-state index in [-0.39, 0.29) is 0 Å². The molecule has 0 bridgehead atoms. The maximum absolute atomic E-state index is 11.3. The molecule has 2 heteroatoms. The molecule has 2 aromatic rings. The minimum Gasteiger partial charge on any atom is -0.481 e. The Morgan fingerprint density at radius 1 is 0.812 bits per heavy atom. The Balaban J connectivity index is 2.44. The number of rotatable bonds is 3. The van der Waals surface area contributed by atoms with Crippen molar-refractivity contribution < 1.29 is 9.90 Å². The summed E-state index contributed by atoms with van der Waals surface area (Å²) in [5, 5.41) is 9.28. The molecule has 0 fully saturated rings. The highest BCUT2D eigenvalue weighted by molar-refractivity contribution is 5.80. The van der Waals surface area contributed by atoms with Crippen molar-refractivity contribution in [2.45, 2.75) is 5.92 Å². The second kappa shape index (κ2) is 4.62. The molecule has 0 radical (unpaired) electrons. The Morgan fingerprint density at radius 2 is 1.19 bits per heavy atom. The SMILES string of the molecule is [18O]=C([18OH])C(c1ccccc1)c1ccccc1. The molecule has 0 heterocycles. The lowest BCUT2D eigenvalue weighted by Crippen LogP contribution is -2.12. The summed E-state index contributed by atoms with van der Waals surface area (Å²) >= 11 is 0. The van der Waals surface area contributed by atoms with Gasteiger partial charge in [0.1, 0.15) is 5.92 Å². The predicted octanol–water partition coefficient (Wildman–Crippen LogP) is 2.90. The summed E-state index contributed by atoms with van der Waals surface area (Å²) in [6.07, 6.45) is 0. The van der Waals surface area contributed by atoms with Crippen LogP contribution in [0, 0.1) is 0 Å². The van der Waals surface area contributed by atoms with Gasteiger partial charge >= 0.3 is 5.97 Å². The quantitative estimate of drug-likeness (QED) is 0.801. The normalized spacial score (nSPS) is 10.3. The van der Waals surface area contributed by atoms with E-state index < -0.39 is 11.9 Å². The summed E-state index contributed by atoms with van der Waals surface area (Å²) in [5.74, 6) is -1.40. The van der Waals surface area contributed by atoms with Crippen LogP contribution in [0.25, 0.3) is 0 Å². The molecule has 0 aliphatic carbocycles. The number of hydrogen-bond donors (Lipinski definition) is 1. The average molecular weight is 216 g/mol. The Labute approximate surface area is 94.2 Å². The number of carboxylic acids is 1. The van der Waals surface area contributed by atoms with Gasteiger partial charge in [0.15, 0.2) is 0 Å². The summed E-state index contributed by atoms with van der Waals surface area (Å²) in [6, 6.07) is 18.5. The molecule has 2 nitrogen and oxygen atoms in total. The van der Waals surface area contributed by atoms with Gasteiger partial charge in [-0.15, -0.1) is 0 Å². The molecule has 0 aliphatic rings. The predicted molar refractivity (Wildman–Crippen MR) is 62.4 cm³/mol. The topological polar surface area (TPSA) is 37.3 Å². The summed E-state index contributed by atoms with van der Waals surface area (Å²) in [4.78, 5) is 11.3. The minimum atomic E-state index is -0.822. The van der Waals surface area contributed by atoms with Crippen LogP contribution in [0.3, 0.4) is 0 Å². The third kappa shape index (κ3) is 2.11. The van der Waals surface area contributed by atoms with Gasteiger partial charge in [0, 0.05) is 0 Å². The number of carbonyl (C=O) groups is 1. The van der Waals surface area contributed by atoms with Gasteiger partial charge in [-0.3, -0.25) is 4.79 Å². The van der Waals surface area contributed by atoms with Crippen molar-refractivity contribution in [3.8, 4) is 0 Å². The van der Waals surface area contributed by atoms with Crippen LogP contribution in [0.5, 0.6) is 0 Å². The molecule has 0 aliphatic heterocycles. The van der Waals surface area contributed by atoms with Crippen LogP contribution in [-0.4, -0.2) is 11.1 Å². The van der Waals surface area contributed by atoms with E-state index in [1.807, 2.05) is 60.7 Å². The van der Waals surface area contributed by atoms with Crippen molar-refractivity contribution in [3.05, 3.63) is 71.8 Å². The van der Waals surface area contributed by atoms with Crippen LogP contribution in [0.15, 0.2) is 60.7 Å². The van der Waals surface area contributed by atoms with E-state index >= 15 is 0 Å².